The lowest BCUT2D eigenvalue weighted by atomic mass is 10.2. The van der Waals surface area contributed by atoms with Gasteiger partial charge >= 0.3 is 0 Å². The zero-order chi connectivity index (χ0) is 14.9. The summed E-state index contributed by atoms with van der Waals surface area (Å²) in [5.74, 6) is 0. The number of nitrogens with zero attached hydrogens (tertiary/aromatic N) is 2. The van der Waals surface area contributed by atoms with Crippen molar-refractivity contribution in [3.8, 4) is 0 Å². The lowest BCUT2D eigenvalue weighted by Gasteiger charge is -2.29. The molecule has 2 saturated heterocycles. The van der Waals surface area contributed by atoms with Crippen molar-refractivity contribution in [3.05, 3.63) is 18.2 Å². The third kappa shape index (κ3) is 2.86. The summed E-state index contributed by atoms with van der Waals surface area (Å²) in [5, 5.41) is 0. The van der Waals surface area contributed by atoms with E-state index >= 15 is 0 Å². The van der Waals surface area contributed by atoms with Gasteiger partial charge in [-0.05, 0) is 31.0 Å². The van der Waals surface area contributed by atoms with Crippen molar-refractivity contribution in [2.75, 3.05) is 50.0 Å². The maximum Gasteiger partial charge on any atom is 0.245 e. The topological polar surface area (TPSA) is 75.9 Å². The van der Waals surface area contributed by atoms with Crippen LogP contribution < -0.4 is 10.6 Å². The molecule has 1 aromatic carbocycles. The van der Waals surface area contributed by atoms with Crippen molar-refractivity contribution in [2.24, 2.45) is 0 Å². The Hall–Kier alpha value is -1.31. The largest absolute Gasteiger partial charge is 0.399 e. The molecule has 2 aliphatic rings. The van der Waals surface area contributed by atoms with Crippen molar-refractivity contribution >= 4 is 21.4 Å². The summed E-state index contributed by atoms with van der Waals surface area (Å²) < 4.78 is 32.5. The van der Waals surface area contributed by atoms with Gasteiger partial charge in [0.1, 0.15) is 4.90 Å². The number of rotatable bonds is 3. The average Bonchev–Trinajstić information content (AvgIpc) is 3.02. The van der Waals surface area contributed by atoms with E-state index < -0.39 is 10.0 Å². The predicted octanol–water partition coefficient (Wildman–Crippen LogP) is 0.890. The molecule has 1 aromatic rings. The average molecular weight is 311 g/mol. The summed E-state index contributed by atoms with van der Waals surface area (Å²) in [6.45, 7) is 3.49. The van der Waals surface area contributed by atoms with E-state index in [0.29, 0.717) is 36.9 Å². The Morgan fingerprint density at radius 2 is 1.71 bits per heavy atom. The van der Waals surface area contributed by atoms with E-state index in [1.807, 2.05) is 6.07 Å². The van der Waals surface area contributed by atoms with Crippen molar-refractivity contribution in [1.29, 1.82) is 0 Å². The third-order valence-corrected chi connectivity index (χ3v) is 5.95. The molecule has 7 heteroatoms. The molecule has 3 rings (SSSR count). The number of nitrogen functional groups attached to an aromatic ring is 1. The standard InChI is InChI=1S/C14H21N3O3S/c15-12-3-4-13(16-5-1-2-6-16)14(11-12)21(18,19)17-7-9-20-10-8-17/h3-4,11H,1-2,5-10,15H2. The monoisotopic (exact) mass is 311 g/mol. The van der Waals surface area contributed by atoms with Crippen LogP contribution in [-0.2, 0) is 14.8 Å². The van der Waals surface area contributed by atoms with Crippen molar-refractivity contribution in [2.45, 2.75) is 17.7 Å². The first-order chi connectivity index (χ1) is 10.1. The number of morpholine rings is 1. The fourth-order valence-corrected chi connectivity index (χ4v) is 4.54. The van der Waals surface area contributed by atoms with Gasteiger partial charge < -0.3 is 15.4 Å². The summed E-state index contributed by atoms with van der Waals surface area (Å²) in [5.41, 5.74) is 7.07. The van der Waals surface area contributed by atoms with Gasteiger partial charge in [0.25, 0.3) is 0 Å². The first kappa shape index (κ1) is 14.6. The molecule has 0 aromatic heterocycles. The summed E-state index contributed by atoms with van der Waals surface area (Å²) in [6, 6.07) is 5.18. The number of ether oxygens (including phenoxy) is 1. The molecule has 2 N–H and O–H groups in total. The van der Waals surface area contributed by atoms with Gasteiger partial charge in [0, 0.05) is 31.9 Å². The Bertz CT molecular complexity index is 606. The first-order valence-corrected chi connectivity index (χ1v) is 8.75. The number of hydrogen-bond donors (Lipinski definition) is 1. The quantitative estimate of drug-likeness (QED) is 0.839. The van der Waals surface area contributed by atoms with E-state index in [4.69, 9.17) is 10.5 Å². The van der Waals surface area contributed by atoms with Crippen LogP contribution in [0.5, 0.6) is 0 Å². The molecule has 0 bridgehead atoms. The van der Waals surface area contributed by atoms with Crippen LogP contribution in [0, 0.1) is 0 Å². The first-order valence-electron chi connectivity index (χ1n) is 7.31. The van der Waals surface area contributed by atoms with Crippen LogP contribution in [0.4, 0.5) is 11.4 Å². The van der Waals surface area contributed by atoms with Crippen LogP contribution in [-0.4, -0.2) is 52.1 Å². The van der Waals surface area contributed by atoms with Crippen molar-refractivity contribution < 1.29 is 13.2 Å². The molecule has 116 valence electrons. The predicted molar refractivity (Wildman–Crippen MR) is 81.9 cm³/mol. The maximum absolute atomic E-state index is 12.9. The van der Waals surface area contributed by atoms with Gasteiger partial charge in [-0.3, -0.25) is 0 Å². The highest BCUT2D eigenvalue weighted by molar-refractivity contribution is 7.89. The van der Waals surface area contributed by atoms with E-state index in [0.717, 1.165) is 31.6 Å². The lowest BCUT2D eigenvalue weighted by molar-refractivity contribution is 0.0730. The van der Waals surface area contributed by atoms with E-state index in [1.165, 1.54) is 4.31 Å². The second-order valence-electron chi connectivity index (χ2n) is 5.44. The van der Waals surface area contributed by atoms with E-state index in [9.17, 15) is 8.42 Å². The van der Waals surface area contributed by atoms with E-state index in [2.05, 4.69) is 4.90 Å². The molecule has 21 heavy (non-hydrogen) atoms. The van der Waals surface area contributed by atoms with Gasteiger partial charge in [-0.15, -0.1) is 0 Å². The third-order valence-electron chi connectivity index (χ3n) is 4.02. The molecule has 2 aliphatic heterocycles. The minimum Gasteiger partial charge on any atom is -0.399 e. The minimum atomic E-state index is -3.52. The van der Waals surface area contributed by atoms with Crippen molar-refractivity contribution in [3.63, 3.8) is 0 Å². The molecule has 0 atom stereocenters. The highest BCUT2D eigenvalue weighted by Gasteiger charge is 2.30. The zero-order valence-corrected chi connectivity index (χ0v) is 12.8. The fraction of sp³-hybridized carbons (Fsp3) is 0.571. The molecule has 0 unspecified atom stereocenters. The molecule has 0 saturated carbocycles. The molecule has 0 amide bonds. The number of hydrogen-bond acceptors (Lipinski definition) is 5. The lowest BCUT2D eigenvalue weighted by Crippen LogP contribution is -2.41. The molecule has 6 nitrogen and oxygen atoms in total. The van der Waals surface area contributed by atoms with Crippen LogP contribution in [0.2, 0.25) is 0 Å². The second-order valence-corrected chi connectivity index (χ2v) is 7.34. The smallest absolute Gasteiger partial charge is 0.245 e. The molecular weight excluding hydrogens is 290 g/mol. The van der Waals surface area contributed by atoms with E-state index in [1.54, 1.807) is 12.1 Å². The van der Waals surface area contributed by atoms with Gasteiger partial charge in [0.05, 0.1) is 18.9 Å². The minimum absolute atomic E-state index is 0.325. The Morgan fingerprint density at radius 3 is 2.38 bits per heavy atom. The Morgan fingerprint density at radius 1 is 1.05 bits per heavy atom. The van der Waals surface area contributed by atoms with Crippen LogP contribution in [0.25, 0.3) is 0 Å². The SMILES string of the molecule is Nc1ccc(N2CCCC2)c(S(=O)(=O)N2CCOCC2)c1. The van der Waals surface area contributed by atoms with Crippen LogP contribution in [0.15, 0.2) is 23.1 Å². The molecule has 0 radical (unpaired) electrons. The van der Waals surface area contributed by atoms with Crippen molar-refractivity contribution in [1.82, 2.24) is 4.31 Å². The Kier molecular flexibility index (Phi) is 4.05. The van der Waals surface area contributed by atoms with Crippen LogP contribution in [0.3, 0.4) is 0 Å². The molecule has 2 fully saturated rings. The number of nitrogens with two attached hydrogens (primary N) is 1. The van der Waals surface area contributed by atoms with Gasteiger partial charge in [-0.1, -0.05) is 0 Å². The zero-order valence-electron chi connectivity index (χ0n) is 12.0. The highest BCUT2D eigenvalue weighted by atomic mass is 32.2. The summed E-state index contributed by atoms with van der Waals surface area (Å²) in [7, 11) is -3.52. The molecule has 0 aliphatic carbocycles. The number of sulfonamides is 1. The highest BCUT2D eigenvalue weighted by Crippen LogP contribution is 2.32. The van der Waals surface area contributed by atoms with Crippen LogP contribution >= 0.6 is 0 Å². The summed E-state index contributed by atoms with van der Waals surface area (Å²) >= 11 is 0. The fourth-order valence-electron chi connectivity index (χ4n) is 2.88. The normalized spacial score (nSPS) is 20.9. The molecular formula is C14H21N3O3S. The molecule has 2 heterocycles. The van der Waals surface area contributed by atoms with Gasteiger partial charge in [0.15, 0.2) is 0 Å². The maximum atomic E-state index is 12.9. The van der Waals surface area contributed by atoms with Gasteiger partial charge in [-0.25, -0.2) is 8.42 Å². The summed E-state index contributed by atoms with van der Waals surface area (Å²) in [4.78, 5) is 2.46. The van der Waals surface area contributed by atoms with Gasteiger partial charge in [-0.2, -0.15) is 4.31 Å². The number of benzene rings is 1. The molecule has 0 spiro atoms. The Balaban J connectivity index is 2.01. The van der Waals surface area contributed by atoms with Gasteiger partial charge in [0.2, 0.25) is 10.0 Å². The summed E-state index contributed by atoms with van der Waals surface area (Å²) in [6.07, 6.45) is 2.20. The Labute approximate surface area is 125 Å². The van der Waals surface area contributed by atoms with Crippen LogP contribution in [0.1, 0.15) is 12.8 Å². The van der Waals surface area contributed by atoms with E-state index in [-0.39, 0.29) is 0 Å². The second kappa shape index (κ2) is 5.82. The number of anilines is 2.